The second-order valence-corrected chi connectivity index (χ2v) is 3.67. The fourth-order valence-corrected chi connectivity index (χ4v) is 1.44. The van der Waals surface area contributed by atoms with E-state index in [1.165, 1.54) is 25.7 Å². The maximum atomic E-state index is 10.1. The van der Waals surface area contributed by atoms with Crippen LogP contribution >= 0.6 is 0 Å². The van der Waals surface area contributed by atoms with E-state index in [1.54, 1.807) is 0 Å². The van der Waals surface area contributed by atoms with Crippen LogP contribution in [0.25, 0.3) is 0 Å². The van der Waals surface area contributed by atoms with Crippen LogP contribution in [-0.4, -0.2) is 5.97 Å². The van der Waals surface area contributed by atoms with E-state index >= 15 is 0 Å². The van der Waals surface area contributed by atoms with E-state index in [-0.39, 0.29) is 36.0 Å². The first-order valence-electron chi connectivity index (χ1n) is 5.58. The van der Waals surface area contributed by atoms with Crippen LogP contribution < -0.4 is 34.7 Å². The third kappa shape index (κ3) is 16.9. The van der Waals surface area contributed by atoms with Gasteiger partial charge in [0.25, 0.3) is 0 Å². The molecule has 0 aliphatic rings. The maximum Gasteiger partial charge on any atom is 1.00 e. The SMILES string of the molecule is C=CCCCCCCCCCC(=O)[O-].[Na+]. The molecule has 0 rings (SSSR count). The van der Waals surface area contributed by atoms with Gasteiger partial charge in [-0.05, 0) is 25.7 Å². The van der Waals surface area contributed by atoms with Gasteiger partial charge in [-0.1, -0.05) is 38.2 Å². The Morgan fingerprint density at radius 3 is 1.93 bits per heavy atom. The van der Waals surface area contributed by atoms with Crippen molar-refractivity contribution in [1.29, 1.82) is 0 Å². The molecule has 0 aromatic rings. The fourth-order valence-electron chi connectivity index (χ4n) is 1.44. The third-order valence-corrected chi connectivity index (χ3v) is 2.29. The summed E-state index contributed by atoms with van der Waals surface area (Å²) in [6.45, 7) is 3.67. The van der Waals surface area contributed by atoms with Gasteiger partial charge in [0.05, 0.1) is 0 Å². The molecule has 15 heavy (non-hydrogen) atoms. The molecule has 0 spiro atoms. The minimum atomic E-state index is -0.920. The molecule has 0 radical (unpaired) electrons. The Kier molecular flexibility index (Phi) is 16.7. The van der Waals surface area contributed by atoms with E-state index in [2.05, 4.69) is 6.58 Å². The maximum absolute atomic E-state index is 10.1. The summed E-state index contributed by atoms with van der Waals surface area (Å²) in [7, 11) is 0. The van der Waals surface area contributed by atoms with Crippen LogP contribution in [0, 0.1) is 0 Å². The molecule has 0 saturated carbocycles. The molecular weight excluding hydrogens is 199 g/mol. The molecule has 0 atom stereocenters. The molecule has 3 heteroatoms. The van der Waals surface area contributed by atoms with Gasteiger partial charge >= 0.3 is 29.6 Å². The average Bonchev–Trinajstić information content (AvgIpc) is 2.15. The van der Waals surface area contributed by atoms with Crippen molar-refractivity contribution in [2.75, 3.05) is 0 Å². The largest absolute Gasteiger partial charge is 1.00 e. The molecular formula is C12H21NaO2. The minimum absolute atomic E-state index is 0. The number of unbranched alkanes of at least 4 members (excludes halogenated alkanes) is 7. The van der Waals surface area contributed by atoms with E-state index in [0.717, 1.165) is 25.7 Å². The number of hydrogen-bond donors (Lipinski definition) is 0. The number of carbonyl (C=O) groups is 1. The van der Waals surface area contributed by atoms with E-state index in [4.69, 9.17) is 0 Å². The van der Waals surface area contributed by atoms with Crippen LogP contribution in [0.15, 0.2) is 12.7 Å². The van der Waals surface area contributed by atoms with Crippen LogP contribution in [0.2, 0.25) is 0 Å². The van der Waals surface area contributed by atoms with Crippen molar-refractivity contribution < 1.29 is 39.5 Å². The van der Waals surface area contributed by atoms with Gasteiger partial charge in [-0.25, -0.2) is 0 Å². The minimum Gasteiger partial charge on any atom is -0.550 e. The van der Waals surface area contributed by atoms with Gasteiger partial charge < -0.3 is 9.90 Å². The summed E-state index contributed by atoms with van der Waals surface area (Å²) in [6, 6.07) is 0. The summed E-state index contributed by atoms with van der Waals surface area (Å²) in [5, 5.41) is 10.1. The van der Waals surface area contributed by atoms with Crippen LogP contribution in [0.4, 0.5) is 0 Å². The van der Waals surface area contributed by atoms with Crippen molar-refractivity contribution in [3.63, 3.8) is 0 Å². The Hall–Kier alpha value is 0.210. The summed E-state index contributed by atoms with van der Waals surface area (Å²) in [6.07, 6.45) is 11.2. The molecule has 0 fully saturated rings. The fraction of sp³-hybridized carbons (Fsp3) is 0.750. The van der Waals surface area contributed by atoms with Gasteiger partial charge in [-0.15, -0.1) is 6.58 Å². The molecule has 0 bridgehead atoms. The van der Waals surface area contributed by atoms with Crippen molar-refractivity contribution in [3.8, 4) is 0 Å². The molecule has 0 aromatic carbocycles. The van der Waals surface area contributed by atoms with Crippen molar-refractivity contribution >= 4 is 5.97 Å². The second-order valence-electron chi connectivity index (χ2n) is 3.67. The van der Waals surface area contributed by atoms with E-state index < -0.39 is 5.97 Å². The van der Waals surface area contributed by atoms with Crippen molar-refractivity contribution in [2.45, 2.75) is 57.8 Å². The van der Waals surface area contributed by atoms with Crippen molar-refractivity contribution in [3.05, 3.63) is 12.7 Å². The topological polar surface area (TPSA) is 40.1 Å². The van der Waals surface area contributed by atoms with Crippen LogP contribution in [0.1, 0.15) is 57.8 Å². The quantitative estimate of drug-likeness (QED) is 0.281. The number of carbonyl (C=O) groups excluding carboxylic acids is 1. The molecule has 0 heterocycles. The zero-order chi connectivity index (χ0) is 10.6. The zero-order valence-corrected chi connectivity index (χ0v) is 12.0. The Morgan fingerprint density at radius 2 is 1.47 bits per heavy atom. The van der Waals surface area contributed by atoms with Gasteiger partial charge in [0.1, 0.15) is 0 Å². The number of carboxylic acids is 1. The molecule has 0 N–H and O–H groups in total. The number of hydrogen-bond acceptors (Lipinski definition) is 2. The van der Waals surface area contributed by atoms with Crippen LogP contribution in [-0.2, 0) is 4.79 Å². The van der Waals surface area contributed by atoms with Crippen molar-refractivity contribution in [1.82, 2.24) is 0 Å². The molecule has 82 valence electrons. The Labute approximate surface area is 115 Å². The first-order chi connectivity index (χ1) is 6.77. The van der Waals surface area contributed by atoms with Gasteiger partial charge in [0, 0.05) is 5.97 Å². The molecule has 0 aliphatic heterocycles. The van der Waals surface area contributed by atoms with Gasteiger partial charge in [-0.3, -0.25) is 0 Å². The molecule has 0 aliphatic carbocycles. The summed E-state index contributed by atoms with van der Waals surface area (Å²) in [5.41, 5.74) is 0. The molecule has 0 saturated heterocycles. The monoisotopic (exact) mass is 220 g/mol. The van der Waals surface area contributed by atoms with Gasteiger partial charge in [0.15, 0.2) is 0 Å². The molecule has 2 nitrogen and oxygen atoms in total. The van der Waals surface area contributed by atoms with Gasteiger partial charge in [-0.2, -0.15) is 0 Å². The van der Waals surface area contributed by atoms with Crippen LogP contribution in [0.3, 0.4) is 0 Å². The predicted octanol–water partition coefficient (Wildman–Crippen LogP) is -0.563. The average molecular weight is 220 g/mol. The summed E-state index contributed by atoms with van der Waals surface area (Å²) < 4.78 is 0. The summed E-state index contributed by atoms with van der Waals surface area (Å²) in [4.78, 5) is 10.1. The molecule has 0 amide bonds. The molecule has 0 aromatic heterocycles. The number of aliphatic carboxylic acids is 1. The van der Waals surface area contributed by atoms with E-state index in [9.17, 15) is 9.90 Å². The number of carboxylic acid groups (broad SMARTS) is 1. The third-order valence-electron chi connectivity index (χ3n) is 2.29. The standard InChI is InChI=1S/C12H22O2.Na/c1-2-3-4-5-6-7-8-9-10-11-12(13)14;/h2H,1,3-11H2,(H,13,14);/q;+1/p-1. The Bertz CT molecular complexity index is 158. The predicted molar refractivity (Wildman–Crippen MR) is 56.8 cm³/mol. The van der Waals surface area contributed by atoms with E-state index in [1.807, 2.05) is 6.08 Å². The Morgan fingerprint density at radius 1 is 1.00 bits per heavy atom. The smallest absolute Gasteiger partial charge is 0.550 e. The number of allylic oxidation sites excluding steroid dienone is 1. The van der Waals surface area contributed by atoms with E-state index in [0.29, 0.717) is 0 Å². The Balaban J connectivity index is 0. The normalized spacial score (nSPS) is 9.33. The van der Waals surface area contributed by atoms with Crippen LogP contribution in [0.5, 0.6) is 0 Å². The number of rotatable bonds is 10. The van der Waals surface area contributed by atoms with Gasteiger partial charge in [0.2, 0.25) is 0 Å². The zero-order valence-electron chi connectivity index (χ0n) is 9.96. The summed E-state index contributed by atoms with van der Waals surface area (Å²) in [5.74, 6) is -0.920. The first kappa shape index (κ1) is 17.6. The first-order valence-corrected chi connectivity index (χ1v) is 5.58. The summed E-state index contributed by atoms with van der Waals surface area (Å²) >= 11 is 0. The van der Waals surface area contributed by atoms with Crippen molar-refractivity contribution in [2.24, 2.45) is 0 Å². The molecule has 0 unspecified atom stereocenters. The second kappa shape index (κ2) is 14.2.